The first-order valence-corrected chi connectivity index (χ1v) is 9.31. The number of fused-ring (bicyclic) bond motifs is 1. The van der Waals surface area contributed by atoms with Gasteiger partial charge in [-0.15, -0.1) is 0 Å². The molecule has 2 rings (SSSR count). The van der Waals surface area contributed by atoms with Crippen molar-refractivity contribution < 1.29 is 8.42 Å². The third kappa shape index (κ3) is 4.05. The molecule has 0 aromatic heterocycles. The molecule has 0 aliphatic heterocycles. The minimum atomic E-state index is -3.03. The van der Waals surface area contributed by atoms with Crippen LogP contribution in [0.4, 0.5) is 0 Å². The van der Waals surface area contributed by atoms with Crippen molar-refractivity contribution in [1.29, 1.82) is 0 Å². The van der Waals surface area contributed by atoms with Gasteiger partial charge in [0.2, 0.25) is 0 Å². The van der Waals surface area contributed by atoms with E-state index in [0.29, 0.717) is 0 Å². The summed E-state index contributed by atoms with van der Waals surface area (Å²) in [4.78, 5) is 0. The summed E-state index contributed by atoms with van der Waals surface area (Å²) in [6, 6.07) is 14.1. The molecule has 0 heterocycles. The maximum atomic E-state index is 12.0. The normalized spacial score (nSPS) is 13.4. The summed E-state index contributed by atoms with van der Waals surface area (Å²) >= 11 is 0. The molecule has 0 aliphatic rings. The fraction of sp³-hybridized carbons (Fsp3) is 0.412. The van der Waals surface area contributed by atoms with Gasteiger partial charge >= 0.3 is 0 Å². The Hall–Kier alpha value is -1.39. The third-order valence-electron chi connectivity index (χ3n) is 3.70. The Balaban J connectivity index is 2.43. The van der Waals surface area contributed by atoms with Crippen LogP contribution in [-0.4, -0.2) is 26.5 Å². The van der Waals surface area contributed by atoms with Crippen LogP contribution in [0.3, 0.4) is 0 Å². The quantitative estimate of drug-likeness (QED) is 0.853. The van der Waals surface area contributed by atoms with Crippen molar-refractivity contribution in [3.8, 4) is 0 Å². The summed E-state index contributed by atoms with van der Waals surface area (Å²) in [5.41, 5.74) is 1.07. The predicted octanol–water partition coefficient (Wildman–Crippen LogP) is 3.32. The molecule has 1 atom stereocenters. The molecule has 0 aliphatic carbocycles. The lowest BCUT2D eigenvalue weighted by molar-refractivity contribution is 0.549. The Morgan fingerprint density at radius 2 is 1.76 bits per heavy atom. The lowest BCUT2D eigenvalue weighted by Crippen LogP contribution is -2.29. The Morgan fingerprint density at radius 3 is 2.48 bits per heavy atom. The Kier molecular flexibility index (Phi) is 5.37. The maximum Gasteiger partial charge on any atom is 0.151 e. The molecule has 0 saturated carbocycles. The average molecular weight is 305 g/mol. The molecule has 2 aromatic carbocycles. The van der Waals surface area contributed by atoms with Gasteiger partial charge in [0.05, 0.1) is 5.75 Å². The number of hydrogen-bond donors (Lipinski definition) is 1. The molecular weight excluding hydrogens is 282 g/mol. The number of sulfone groups is 1. The van der Waals surface area contributed by atoms with Crippen LogP contribution in [0.25, 0.3) is 10.8 Å². The summed E-state index contributed by atoms with van der Waals surface area (Å²) in [5, 5.41) is 5.66. The summed E-state index contributed by atoms with van der Waals surface area (Å²) in [6.45, 7) is 4.60. The van der Waals surface area contributed by atoms with Gasteiger partial charge in [0.15, 0.2) is 9.84 Å². The standard InChI is InChI=1S/C17H23NO2S/c1-3-12-18-17(13-21(19,20)4-2)16-11-7-9-14-8-5-6-10-15(14)16/h5-11,17-18H,3-4,12-13H2,1-2H3. The van der Waals surface area contributed by atoms with Crippen molar-refractivity contribution in [3.63, 3.8) is 0 Å². The molecule has 0 radical (unpaired) electrons. The molecule has 0 saturated heterocycles. The van der Waals surface area contributed by atoms with Gasteiger partial charge in [-0.25, -0.2) is 8.42 Å². The molecule has 114 valence electrons. The van der Waals surface area contributed by atoms with Crippen LogP contribution >= 0.6 is 0 Å². The molecule has 3 nitrogen and oxygen atoms in total. The molecule has 2 aromatic rings. The molecule has 0 bridgehead atoms. The summed E-state index contributed by atoms with van der Waals surface area (Å²) in [5.74, 6) is 0.333. The number of rotatable bonds is 7. The van der Waals surface area contributed by atoms with E-state index in [0.717, 1.165) is 29.3 Å². The van der Waals surface area contributed by atoms with E-state index >= 15 is 0 Å². The molecule has 21 heavy (non-hydrogen) atoms. The van der Waals surface area contributed by atoms with Crippen LogP contribution in [0, 0.1) is 0 Å². The number of hydrogen-bond acceptors (Lipinski definition) is 3. The van der Waals surface area contributed by atoms with Crippen molar-refractivity contribution >= 4 is 20.6 Å². The molecule has 0 amide bonds. The average Bonchev–Trinajstić information content (AvgIpc) is 2.51. The van der Waals surface area contributed by atoms with E-state index in [9.17, 15) is 8.42 Å². The fourth-order valence-corrected chi connectivity index (χ4v) is 3.54. The van der Waals surface area contributed by atoms with E-state index < -0.39 is 9.84 Å². The summed E-state index contributed by atoms with van der Waals surface area (Å²) in [6.07, 6.45) is 0.980. The zero-order valence-electron chi connectivity index (χ0n) is 12.7. The topological polar surface area (TPSA) is 46.2 Å². The molecule has 1 unspecified atom stereocenters. The van der Waals surface area contributed by atoms with Gasteiger partial charge in [0.1, 0.15) is 0 Å². The smallest absolute Gasteiger partial charge is 0.151 e. The van der Waals surface area contributed by atoms with Crippen molar-refractivity contribution in [2.24, 2.45) is 0 Å². The van der Waals surface area contributed by atoms with Crippen LogP contribution in [0.15, 0.2) is 42.5 Å². The molecule has 4 heteroatoms. The van der Waals surface area contributed by atoms with Gasteiger partial charge in [-0.05, 0) is 29.3 Å². The van der Waals surface area contributed by atoms with Gasteiger partial charge in [-0.1, -0.05) is 56.3 Å². The highest BCUT2D eigenvalue weighted by Crippen LogP contribution is 2.25. The van der Waals surface area contributed by atoms with E-state index in [1.54, 1.807) is 6.92 Å². The van der Waals surface area contributed by atoms with Crippen LogP contribution in [0.2, 0.25) is 0 Å². The zero-order chi connectivity index (χ0) is 15.3. The van der Waals surface area contributed by atoms with Crippen LogP contribution in [0.1, 0.15) is 31.9 Å². The molecular formula is C17H23NO2S. The highest BCUT2D eigenvalue weighted by Gasteiger charge is 2.20. The van der Waals surface area contributed by atoms with Crippen molar-refractivity contribution in [3.05, 3.63) is 48.0 Å². The summed E-state index contributed by atoms with van der Waals surface area (Å²) in [7, 11) is -3.03. The monoisotopic (exact) mass is 305 g/mol. The van der Waals surface area contributed by atoms with Crippen LogP contribution in [0.5, 0.6) is 0 Å². The van der Waals surface area contributed by atoms with Gasteiger partial charge < -0.3 is 5.32 Å². The van der Waals surface area contributed by atoms with Crippen molar-refractivity contribution in [2.45, 2.75) is 26.3 Å². The SMILES string of the molecule is CCCNC(CS(=O)(=O)CC)c1cccc2ccccc12. The van der Waals surface area contributed by atoms with E-state index in [2.05, 4.69) is 30.4 Å². The first-order chi connectivity index (χ1) is 10.1. The fourth-order valence-electron chi connectivity index (χ4n) is 2.50. The van der Waals surface area contributed by atoms with Crippen LogP contribution < -0.4 is 5.32 Å². The van der Waals surface area contributed by atoms with E-state index in [-0.39, 0.29) is 17.5 Å². The minimum absolute atomic E-state index is 0.150. The first kappa shape index (κ1) is 16.0. The van der Waals surface area contributed by atoms with E-state index in [4.69, 9.17) is 0 Å². The minimum Gasteiger partial charge on any atom is -0.309 e. The zero-order valence-corrected chi connectivity index (χ0v) is 13.5. The van der Waals surface area contributed by atoms with Crippen molar-refractivity contribution in [2.75, 3.05) is 18.1 Å². The van der Waals surface area contributed by atoms with Gasteiger partial charge in [-0.2, -0.15) is 0 Å². The third-order valence-corrected chi connectivity index (χ3v) is 5.42. The number of nitrogens with one attached hydrogen (secondary N) is 1. The highest BCUT2D eigenvalue weighted by molar-refractivity contribution is 7.91. The van der Waals surface area contributed by atoms with Gasteiger partial charge in [0, 0.05) is 11.8 Å². The summed E-state index contributed by atoms with van der Waals surface area (Å²) < 4.78 is 24.1. The van der Waals surface area contributed by atoms with Gasteiger partial charge in [0.25, 0.3) is 0 Å². The van der Waals surface area contributed by atoms with Gasteiger partial charge in [-0.3, -0.25) is 0 Å². The second-order valence-corrected chi connectivity index (χ2v) is 7.67. The highest BCUT2D eigenvalue weighted by atomic mass is 32.2. The molecule has 1 N–H and O–H groups in total. The Bertz CT molecular complexity index is 690. The van der Waals surface area contributed by atoms with E-state index in [1.807, 2.05) is 24.3 Å². The maximum absolute atomic E-state index is 12.0. The molecule has 0 fully saturated rings. The predicted molar refractivity (Wildman–Crippen MR) is 89.3 cm³/mol. The van der Waals surface area contributed by atoms with Crippen molar-refractivity contribution in [1.82, 2.24) is 5.32 Å². The van der Waals surface area contributed by atoms with E-state index in [1.165, 1.54) is 0 Å². The Morgan fingerprint density at radius 1 is 1.05 bits per heavy atom. The second kappa shape index (κ2) is 7.05. The lowest BCUT2D eigenvalue weighted by Gasteiger charge is -2.20. The number of benzene rings is 2. The first-order valence-electron chi connectivity index (χ1n) is 7.49. The molecule has 0 spiro atoms. The second-order valence-electron chi connectivity index (χ2n) is 5.27. The Labute approximate surface area is 127 Å². The van der Waals surface area contributed by atoms with Crippen LogP contribution in [-0.2, 0) is 9.84 Å². The lowest BCUT2D eigenvalue weighted by atomic mass is 9.99. The largest absolute Gasteiger partial charge is 0.309 e.